The van der Waals surface area contributed by atoms with Gasteiger partial charge in [-0.2, -0.15) is 0 Å². The molecule has 0 aliphatic carbocycles. The lowest BCUT2D eigenvalue weighted by molar-refractivity contribution is 0.0987. The zero-order valence-corrected chi connectivity index (χ0v) is 14.1. The summed E-state index contributed by atoms with van der Waals surface area (Å²) in [6.07, 6.45) is 0.0516. The molecule has 2 rings (SSSR count). The zero-order chi connectivity index (χ0) is 16.3. The molecule has 1 atom stereocenters. The smallest absolute Gasteiger partial charge is 0.230 e. The molecule has 1 unspecified atom stereocenters. The van der Waals surface area contributed by atoms with E-state index in [0.29, 0.717) is 10.9 Å². The van der Waals surface area contributed by atoms with Crippen LogP contribution in [0.15, 0.2) is 42.5 Å². The zero-order valence-electron chi connectivity index (χ0n) is 13.2. The molecule has 0 fully saturated rings. The topological polar surface area (TPSA) is 54.4 Å². The second-order valence-electron chi connectivity index (χ2n) is 5.71. The van der Waals surface area contributed by atoms with E-state index in [9.17, 15) is 14.3 Å². The third-order valence-electron chi connectivity index (χ3n) is 3.76. The Morgan fingerprint density at radius 2 is 1.59 bits per heavy atom. The van der Waals surface area contributed by atoms with Crippen LogP contribution in [-0.2, 0) is 4.57 Å². The largest absolute Gasteiger partial charge is 0.341 e. The normalized spacial score (nSPS) is 13.6. The molecule has 116 valence electrons. The summed E-state index contributed by atoms with van der Waals surface area (Å²) in [4.78, 5) is 22.6. The number of benzene rings is 2. The lowest BCUT2D eigenvalue weighted by Crippen LogP contribution is -2.12. The minimum Gasteiger partial charge on any atom is -0.341 e. The SMILES string of the molecule is Cc1cc(C)c(C(=O)CCP(=O)(O)c2ccccc2)c(C)c1. The van der Waals surface area contributed by atoms with Gasteiger partial charge in [-0.3, -0.25) is 9.36 Å². The summed E-state index contributed by atoms with van der Waals surface area (Å²) in [5.41, 5.74) is 3.65. The average Bonchev–Trinajstić information content (AvgIpc) is 2.45. The Bertz CT molecular complexity index is 712. The maximum Gasteiger partial charge on any atom is 0.230 e. The second kappa shape index (κ2) is 6.60. The average molecular weight is 316 g/mol. The molecule has 1 N–H and O–H groups in total. The van der Waals surface area contributed by atoms with Gasteiger partial charge in [0.1, 0.15) is 0 Å². The first-order valence-electron chi connectivity index (χ1n) is 7.30. The molecule has 0 aliphatic heterocycles. The summed E-state index contributed by atoms with van der Waals surface area (Å²) >= 11 is 0. The van der Waals surface area contributed by atoms with Crippen LogP contribution in [0.2, 0.25) is 0 Å². The molecule has 3 nitrogen and oxygen atoms in total. The standard InChI is InChI=1S/C18H21O3P/c1-13-11-14(2)18(15(3)12-13)17(19)9-10-22(20,21)16-7-5-4-6-8-16/h4-8,11-12H,9-10H2,1-3H3,(H,20,21). The molecule has 0 amide bonds. The number of aryl methyl sites for hydroxylation is 3. The molecule has 0 saturated heterocycles. The van der Waals surface area contributed by atoms with E-state index in [1.807, 2.05) is 32.9 Å². The fraction of sp³-hybridized carbons (Fsp3) is 0.278. The molecule has 4 heteroatoms. The Labute approximate surface area is 131 Å². The Kier molecular flexibility index (Phi) is 5.00. The Hall–Kier alpha value is -1.70. The van der Waals surface area contributed by atoms with Crippen molar-refractivity contribution in [2.75, 3.05) is 6.16 Å². The maximum atomic E-state index is 12.4. The van der Waals surface area contributed by atoms with E-state index in [2.05, 4.69) is 0 Å². The van der Waals surface area contributed by atoms with Gasteiger partial charge in [0.2, 0.25) is 7.37 Å². The quantitative estimate of drug-likeness (QED) is 0.674. The summed E-state index contributed by atoms with van der Waals surface area (Å²) in [6, 6.07) is 12.5. The Balaban J connectivity index is 2.16. The molecular formula is C18H21O3P. The van der Waals surface area contributed by atoms with E-state index in [1.54, 1.807) is 30.3 Å². The van der Waals surface area contributed by atoms with Crippen LogP contribution in [-0.4, -0.2) is 16.8 Å². The summed E-state index contributed by atoms with van der Waals surface area (Å²) in [5, 5.41) is 0.403. The molecule has 0 bridgehead atoms. The highest BCUT2D eigenvalue weighted by atomic mass is 31.2. The van der Waals surface area contributed by atoms with Crippen LogP contribution in [0, 0.1) is 20.8 Å². The summed E-state index contributed by atoms with van der Waals surface area (Å²) in [7, 11) is -3.48. The molecule has 0 spiro atoms. The Morgan fingerprint density at radius 1 is 1.05 bits per heavy atom. The van der Waals surface area contributed by atoms with Crippen molar-refractivity contribution >= 4 is 18.5 Å². The number of Topliss-reactive ketones (excluding diaryl/α,β-unsaturated/α-hetero) is 1. The van der Waals surface area contributed by atoms with E-state index in [-0.39, 0.29) is 18.4 Å². The van der Waals surface area contributed by atoms with E-state index in [1.165, 1.54) is 0 Å². The van der Waals surface area contributed by atoms with Crippen molar-refractivity contribution in [3.05, 3.63) is 64.7 Å². The number of hydrogen-bond acceptors (Lipinski definition) is 2. The number of hydrogen-bond donors (Lipinski definition) is 1. The van der Waals surface area contributed by atoms with Gasteiger partial charge in [-0.15, -0.1) is 0 Å². The van der Waals surface area contributed by atoms with Crippen molar-refractivity contribution in [2.45, 2.75) is 27.2 Å². The maximum absolute atomic E-state index is 12.4. The highest BCUT2D eigenvalue weighted by Gasteiger charge is 2.23. The minimum atomic E-state index is -3.48. The number of carbonyl (C=O) groups excluding carboxylic acids is 1. The van der Waals surface area contributed by atoms with Gasteiger partial charge in [-0.05, 0) is 44.0 Å². The van der Waals surface area contributed by atoms with E-state index < -0.39 is 7.37 Å². The van der Waals surface area contributed by atoms with Crippen LogP contribution >= 0.6 is 7.37 Å². The third-order valence-corrected chi connectivity index (χ3v) is 5.69. The minimum absolute atomic E-state index is 0.0252. The van der Waals surface area contributed by atoms with Crippen LogP contribution in [0.1, 0.15) is 33.5 Å². The van der Waals surface area contributed by atoms with Crippen molar-refractivity contribution < 1.29 is 14.3 Å². The first-order chi connectivity index (χ1) is 10.3. The van der Waals surface area contributed by atoms with E-state index >= 15 is 0 Å². The van der Waals surface area contributed by atoms with Crippen molar-refractivity contribution in [2.24, 2.45) is 0 Å². The molecule has 0 aromatic heterocycles. The van der Waals surface area contributed by atoms with Gasteiger partial charge in [0.15, 0.2) is 5.78 Å². The Morgan fingerprint density at radius 3 is 2.14 bits per heavy atom. The summed E-state index contributed by atoms with van der Waals surface area (Å²) in [6.45, 7) is 5.80. The van der Waals surface area contributed by atoms with Gasteiger partial charge in [-0.1, -0.05) is 35.9 Å². The predicted octanol–water partition coefficient (Wildman–Crippen LogP) is 3.78. The molecule has 0 aliphatic rings. The van der Waals surface area contributed by atoms with Crippen molar-refractivity contribution in [1.29, 1.82) is 0 Å². The number of ketones is 1. The first-order valence-corrected chi connectivity index (χ1v) is 9.14. The van der Waals surface area contributed by atoms with Crippen LogP contribution < -0.4 is 5.30 Å². The van der Waals surface area contributed by atoms with Crippen molar-refractivity contribution in [1.82, 2.24) is 0 Å². The summed E-state index contributed by atoms with van der Waals surface area (Å²) in [5.74, 6) is -0.0693. The van der Waals surface area contributed by atoms with Crippen LogP contribution in [0.5, 0.6) is 0 Å². The van der Waals surface area contributed by atoms with Gasteiger partial charge < -0.3 is 4.89 Å². The molecule has 2 aromatic rings. The monoisotopic (exact) mass is 316 g/mol. The predicted molar refractivity (Wildman–Crippen MR) is 90.4 cm³/mol. The lowest BCUT2D eigenvalue weighted by Gasteiger charge is -2.13. The van der Waals surface area contributed by atoms with Crippen molar-refractivity contribution in [3.8, 4) is 0 Å². The van der Waals surface area contributed by atoms with Gasteiger partial charge in [0.25, 0.3) is 0 Å². The molecule has 2 aromatic carbocycles. The van der Waals surface area contributed by atoms with Gasteiger partial charge in [-0.25, -0.2) is 0 Å². The second-order valence-corrected chi connectivity index (χ2v) is 8.07. The van der Waals surface area contributed by atoms with Gasteiger partial charge in [0.05, 0.1) is 0 Å². The molecule has 0 radical (unpaired) electrons. The van der Waals surface area contributed by atoms with Gasteiger partial charge in [0, 0.05) is 23.5 Å². The van der Waals surface area contributed by atoms with Crippen LogP contribution in [0.25, 0.3) is 0 Å². The van der Waals surface area contributed by atoms with Crippen LogP contribution in [0.3, 0.4) is 0 Å². The highest BCUT2D eigenvalue weighted by molar-refractivity contribution is 7.66. The van der Waals surface area contributed by atoms with E-state index in [4.69, 9.17) is 0 Å². The van der Waals surface area contributed by atoms with Gasteiger partial charge >= 0.3 is 0 Å². The molecule has 0 saturated carbocycles. The van der Waals surface area contributed by atoms with E-state index in [0.717, 1.165) is 16.7 Å². The molecule has 22 heavy (non-hydrogen) atoms. The molecule has 0 heterocycles. The van der Waals surface area contributed by atoms with Crippen molar-refractivity contribution in [3.63, 3.8) is 0 Å². The van der Waals surface area contributed by atoms with Crippen LogP contribution in [0.4, 0.5) is 0 Å². The number of rotatable bonds is 5. The lowest BCUT2D eigenvalue weighted by atomic mass is 9.96. The molecular weight excluding hydrogens is 295 g/mol. The fourth-order valence-corrected chi connectivity index (χ4v) is 4.19. The third kappa shape index (κ3) is 3.73. The number of carbonyl (C=O) groups is 1. The highest BCUT2D eigenvalue weighted by Crippen LogP contribution is 2.40. The summed E-state index contributed by atoms with van der Waals surface area (Å²) < 4.78 is 12.4. The first kappa shape index (κ1) is 16.7. The fourth-order valence-electron chi connectivity index (χ4n) is 2.79.